The molecule has 0 saturated heterocycles. The molecule has 1 aromatic carbocycles. The number of benzene rings is 1. The van der Waals surface area contributed by atoms with Gasteiger partial charge in [-0.1, -0.05) is 24.3 Å². The van der Waals surface area contributed by atoms with Crippen LogP contribution in [-0.2, 0) is 11.3 Å². The summed E-state index contributed by atoms with van der Waals surface area (Å²) in [6, 6.07) is 9.86. The van der Waals surface area contributed by atoms with Crippen molar-refractivity contribution >= 4 is 0 Å². The fourth-order valence-corrected chi connectivity index (χ4v) is 1.36. The van der Waals surface area contributed by atoms with Crippen molar-refractivity contribution in [2.75, 3.05) is 7.11 Å². The van der Waals surface area contributed by atoms with Crippen molar-refractivity contribution < 1.29 is 4.74 Å². The number of nitrogens with zero attached hydrogens (tertiary/aromatic N) is 2. The summed E-state index contributed by atoms with van der Waals surface area (Å²) in [4.78, 5) is 8.36. The molecule has 1 heterocycles. The van der Waals surface area contributed by atoms with E-state index in [0.717, 1.165) is 17.0 Å². The summed E-state index contributed by atoms with van der Waals surface area (Å²) in [5.41, 5.74) is 2.17. The smallest absolute Gasteiger partial charge is 0.159 e. The van der Waals surface area contributed by atoms with Gasteiger partial charge in [-0.05, 0) is 11.6 Å². The van der Waals surface area contributed by atoms with Crippen LogP contribution in [0.15, 0.2) is 42.7 Å². The van der Waals surface area contributed by atoms with Gasteiger partial charge in [0.15, 0.2) is 5.82 Å². The molecule has 0 aliphatic carbocycles. The minimum atomic E-state index is 0.635. The van der Waals surface area contributed by atoms with Crippen molar-refractivity contribution in [2.24, 2.45) is 0 Å². The first-order valence-electron chi connectivity index (χ1n) is 4.75. The minimum Gasteiger partial charge on any atom is -0.380 e. The number of ether oxygens (including phenoxy) is 1. The Morgan fingerprint density at radius 2 is 1.73 bits per heavy atom. The van der Waals surface area contributed by atoms with Gasteiger partial charge in [-0.25, -0.2) is 9.97 Å². The molecule has 0 amide bonds. The second-order valence-corrected chi connectivity index (χ2v) is 3.20. The lowest BCUT2D eigenvalue weighted by Crippen LogP contribution is -1.89. The van der Waals surface area contributed by atoms with Crippen LogP contribution in [0.1, 0.15) is 5.56 Å². The molecule has 0 unspecified atom stereocenters. The molecule has 0 aliphatic rings. The molecule has 76 valence electrons. The SMILES string of the molecule is COCc1ccc(-c2ncccn2)cc1. The largest absolute Gasteiger partial charge is 0.380 e. The van der Waals surface area contributed by atoms with Crippen molar-refractivity contribution in [1.29, 1.82) is 0 Å². The summed E-state index contributed by atoms with van der Waals surface area (Å²) in [5, 5.41) is 0. The molecular formula is C12H12N2O. The number of rotatable bonds is 3. The molecule has 1 aromatic heterocycles. The molecule has 0 saturated carbocycles. The summed E-state index contributed by atoms with van der Waals surface area (Å²) in [7, 11) is 1.69. The number of aromatic nitrogens is 2. The summed E-state index contributed by atoms with van der Waals surface area (Å²) >= 11 is 0. The van der Waals surface area contributed by atoms with E-state index in [1.54, 1.807) is 19.5 Å². The van der Waals surface area contributed by atoms with Crippen LogP contribution in [-0.4, -0.2) is 17.1 Å². The first kappa shape index (κ1) is 9.80. The average Bonchev–Trinajstić information content (AvgIpc) is 2.32. The molecule has 0 N–H and O–H groups in total. The molecule has 0 spiro atoms. The lowest BCUT2D eigenvalue weighted by molar-refractivity contribution is 0.185. The number of methoxy groups -OCH3 is 1. The molecule has 3 heteroatoms. The van der Waals surface area contributed by atoms with Crippen LogP contribution in [0.4, 0.5) is 0 Å². The zero-order valence-electron chi connectivity index (χ0n) is 8.55. The van der Waals surface area contributed by atoms with Crippen LogP contribution < -0.4 is 0 Å². The Hall–Kier alpha value is -1.74. The molecular weight excluding hydrogens is 188 g/mol. The second kappa shape index (κ2) is 4.66. The van der Waals surface area contributed by atoms with E-state index in [-0.39, 0.29) is 0 Å². The summed E-state index contributed by atoms with van der Waals surface area (Å²) in [6.45, 7) is 0.635. The highest BCUT2D eigenvalue weighted by Gasteiger charge is 1.99. The summed E-state index contributed by atoms with van der Waals surface area (Å²) < 4.78 is 5.04. The van der Waals surface area contributed by atoms with Crippen LogP contribution in [0.25, 0.3) is 11.4 Å². The van der Waals surface area contributed by atoms with Crippen LogP contribution in [0.3, 0.4) is 0 Å². The highest BCUT2D eigenvalue weighted by atomic mass is 16.5. The van der Waals surface area contributed by atoms with E-state index in [0.29, 0.717) is 6.61 Å². The van der Waals surface area contributed by atoms with Gasteiger partial charge in [0, 0.05) is 25.1 Å². The predicted molar refractivity (Wildman–Crippen MR) is 58.2 cm³/mol. The van der Waals surface area contributed by atoms with E-state index >= 15 is 0 Å². The minimum absolute atomic E-state index is 0.635. The van der Waals surface area contributed by atoms with E-state index in [1.807, 2.05) is 30.3 Å². The van der Waals surface area contributed by atoms with Gasteiger partial charge in [0.1, 0.15) is 0 Å². The van der Waals surface area contributed by atoms with E-state index in [4.69, 9.17) is 4.74 Å². The maximum atomic E-state index is 5.04. The molecule has 3 nitrogen and oxygen atoms in total. The topological polar surface area (TPSA) is 35.0 Å². The Bertz CT molecular complexity index is 411. The third-order valence-corrected chi connectivity index (χ3v) is 2.09. The standard InChI is InChI=1S/C12H12N2O/c1-15-9-10-3-5-11(6-4-10)12-13-7-2-8-14-12/h2-8H,9H2,1H3. The van der Waals surface area contributed by atoms with Crippen LogP contribution in [0, 0.1) is 0 Å². The monoisotopic (exact) mass is 200 g/mol. The molecule has 2 rings (SSSR count). The maximum Gasteiger partial charge on any atom is 0.159 e. The highest BCUT2D eigenvalue weighted by molar-refractivity contribution is 5.54. The molecule has 0 bridgehead atoms. The summed E-state index contributed by atoms with van der Waals surface area (Å²) in [6.07, 6.45) is 3.48. The number of hydrogen-bond donors (Lipinski definition) is 0. The van der Waals surface area contributed by atoms with Gasteiger partial charge in [-0.3, -0.25) is 0 Å². The van der Waals surface area contributed by atoms with Crippen LogP contribution in [0.5, 0.6) is 0 Å². The van der Waals surface area contributed by atoms with Gasteiger partial charge in [-0.15, -0.1) is 0 Å². The van der Waals surface area contributed by atoms with Crippen molar-refractivity contribution in [3.05, 3.63) is 48.3 Å². The third-order valence-electron chi connectivity index (χ3n) is 2.09. The molecule has 0 radical (unpaired) electrons. The van der Waals surface area contributed by atoms with Crippen molar-refractivity contribution in [1.82, 2.24) is 9.97 Å². The van der Waals surface area contributed by atoms with Crippen molar-refractivity contribution in [3.63, 3.8) is 0 Å². The fraction of sp³-hybridized carbons (Fsp3) is 0.167. The molecule has 0 atom stereocenters. The first-order chi connectivity index (χ1) is 7.40. The zero-order valence-corrected chi connectivity index (χ0v) is 8.55. The van der Waals surface area contributed by atoms with Gasteiger partial charge in [-0.2, -0.15) is 0 Å². The Kier molecular flexibility index (Phi) is 3.05. The van der Waals surface area contributed by atoms with E-state index < -0.39 is 0 Å². The van der Waals surface area contributed by atoms with E-state index in [9.17, 15) is 0 Å². The lowest BCUT2D eigenvalue weighted by Gasteiger charge is -2.01. The Morgan fingerprint density at radius 1 is 1.07 bits per heavy atom. The third kappa shape index (κ3) is 2.39. The van der Waals surface area contributed by atoms with Crippen LogP contribution >= 0.6 is 0 Å². The quantitative estimate of drug-likeness (QED) is 0.762. The van der Waals surface area contributed by atoms with Crippen molar-refractivity contribution in [2.45, 2.75) is 6.61 Å². The zero-order chi connectivity index (χ0) is 10.5. The van der Waals surface area contributed by atoms with Gasteiger partial charge in [0.2, 0.25) is 0 Å². The van der Waals surface area contributed by atoms with Gasteiger partial charge in [0.05, 0.1) is 6.61 Å². The van der Waals surface area contributed by atoms with E-state index in [1.165, 1.54) is 0 Å². The summed E-state index contributed by atoms with van der Waals surface area (Å²) in [5.74, 6) is 0.751. The highest BCUT2D eigenvalue weighted by Crippen LogP contribution is 2.14. The Labute approximate surface area is 88.8 Å². The second-order valence-electron chi connectivity index (χ2n) is 3.20. The molecule has 0 fully saturated rings. The molecule has 0 aliphatic heterocycles. The van der Waals surface area contributed by atoms with Gasteiger partial charge < -0.3 is 4.74 Å². The van der Waals surface area contributed by atoms with Crippen LogP contribution in [0.2, 0.25) is 0 Å². The average molecular weight is 200 g/mol. The maximum absolute atomic E-state index is 5.04. The fourth-order valence-electron chi connectivity index (χ4n) is 1.36. The first-order valence-corrected chi connectivity index (χ1v) is 4.75. The molecule has 2 aromatic rings. The van der Waals surface area contributed by atoms with Gasteiger partial charge >= 0.3 is 0 Å². The van der Waals surface area contributed by atoms with E-state index in [2.05, 4.69) is 9.97 Å². The number of hydrogen-bond acceptors (Lipinski definition) is 3. The Balaban J connectivity index is 2.24. The van der Waals surface area contributed by atoms with Gasteiger partial charge in [0.25, 0.3) is 0 Å². The lowest BCUT2D eigenvalue weighted by atomic mass is 10.1. The Morgan fingerprint density at radius 3 is 2.33 bits per heavy atom. The van der Waals surface area contributed by atoms with Crippen molar-refractivity contribution in [3.8, 4) is 11.4 Å². The molecule has 15 heavy (non-hydrogen) atoms. The predicted octanol–water partition coefficient (Wildman–Crippen LogP) is 2.29. The normalized spacial score (nSPS) is 10.2.